The molecule has 1 aromatic rings. The van der Waals surface area contributed by atoms with Crippen molar-refractivity contribution in [2.45, 2.75) is 13.0 Å². The molecule has 1 atom stereocenters. The summed E-state index contributed by atoms with van der Waals surface area (Å²) in [6, 6.07) is 2.86. The van der Waals surface area contributed by atoms with Crippen molar-refractivity contribution in [2.75, 3.05) is 5.88 Å². The summed E-state index contributed by atoms with van der Waals surface area (Å²) in [7, 11) is 0. The molecular weight excluding hydrogens is 248 g/mol. The number of amides is 1. The summed E-state index contributed by atoms with van der Waals surface area (Å²) in [5.41, 5.74) is 1.03. The van der Waals surface area contributed by atoms with E-state index in [2.05, 4.69) is 11.9 Å². The average Bonchev–Trinajstić information content (AvgIpc) is 2.29. The third-order valence-corrected chi connectivity index (χ3v) is 2.44. The van der Waals surface area contributed by atoms with Gasteiger partial charge in [-0.2, -0.15) is 0 Å². The highest BCUT2D eigenvalue weighted by molar-refractivity contribution is 6.27. The molecule has 0 spiro atoms. The van der Waals surface area contributed by atoms with E-state index in [9.17, 15) is 13.6 Å². The summed E-state index contributed by atoms with van der Waals surface area (Å²) in [5.74, 6) is -2.50. The van der Waals surface area contributed by atoms with Crippen LogP contribution in [-0.2, 0) is 4.79 Å². The average molecular weight is 260 g/mol. The van der Waals surface area contributed by atoms with Crippen LogP contribution >= 0.6 is 11.6 Å². The second-order valence-corrected chi connectivity index (χ2v) is 3.92. The molecule has 1 unspecified atom stereocenters. The standard InChI is InChI=1S/C12H12ClF2NO/c1-7(2)12(16-11(17)6-13)8-3-4-9(14)10(15)5-8/h3-5,12H,1,6H2,2H3,(H,16,17). The number of alkyl halides is 1. The fourth-order valence-electron chi connectivity index (χ4n) is 1.38. The van der Waals surface area contributed by atoms with Crippen molar-refractivity contribution in [3.05, 3.63) is 47.5 Å². The lowest BCUT2D eigenvalue weighted by molar-refractivity contribution is -0.119. The third kappa shape index (κ3) is 3.53. The summed E-state index contributed by atoms with van der Waals surface area (Å²) in [6.45, 7) is 5.38. The van der Waals surface area contributed by atoms with Gasteiger partial charge in [0.1, 0.15) is 5.88 Å². The largest absolute Gasteiger partial charge is 0.345 e. The molecule has 0 aliphatic carbocycles. The summed E-state index contributed by atoms with van der Waals surface area (Å²) in [4.78, 5) is 11.2. The Kier molecular flexibility index (Phi) is 4.63. The summed E-state index contributed by atoms with van der Waals surface area (Å²) in [5, 5.41) is 2.57. The Hall–Kier alpha value is -1.42. The van der Waals surface area contributed by atoms with Crippen molar-refractivity contribution in [3.63, 3.8) is 0 Å². The van der Waals surface area contributed by atoms with Crippen molar-refractivity contribution >= 4 is 17.5 Å². The van der Waals surface area contributed by atoms with Crippen molar-refractivity contribution in [1.29, 1.82) is 0 Å². The molecule has 0 aromatic heterocycles. The molecule has 1 amide bonds. The molecule has 0 saturated heterocycles. The van der Waals surface area contributed by atoms with E-state index in [1.165, 1.54) is 6.07 Å². The van der Waals surface area contributed by atoms with Gasteiger partial charge in [-0.3, -0.25) is 4.79 Å². The Balaban J connectivity index is 3.01. The first-order valence-electron chi connectivity index (χ1n) is 4.91. The first-order chi connectivity index (χ1) is 7.95. The molecule has 5 heteroatoms. The molecule has 92 valence electrons. The quantitative estimate of drug-likeness (QED) is 0.654. The Morgan fingerprint density at radius 3 is 2.59 bits per heavy atom. The van der Waals surface area contributed by atoms with Crippen LogP contribution in [0.15, 0.2) is 30.4 Å². The summed E-state index contributed by atoms with van der Waals surface area (Å²) < 4.78 is 25.9. The van der Waals surface area contributed by atoms with Gasteiger partial charge >= 0.3 is 0 Å². The van der Waals surface area contributed by atoms with Gasteiger partial charge in [0.25, 0.3) is 0 Å². The first-order valence-corrected chi connectivity index (χ1v) is 5.45. The van der Waals surface area contributed by atoms with Crippen LogP contribution in [-0.4, -0.2) is 11.8 Å². The molecule has 0 saturated carbocycles. The second kappa shape index (κ2) is 5.77. The fourth-order valence-corrected chi connectivity index (χ4v) is 1.46. The predicted molar refractivity (Wildman–Crippen MR) is 62.8 cm³/mol. The third-order valence-electron chi connectivity index (χ3n) is 2.20. The second-order valence-electron chi connectivity index (χ2n) is 3.65. The van der Waals surface area contributed by atoms with E-state index in [0.29, 0.717) is 11.1 Å². The van der Waals surface area contributed by atoms with Crippen LogP contribution in [0.25, 0.3) is 0 Å². The minimum atomic E-state index is -0.964. The molecule has 0 bridgehead atoms. The van der Waals surface area contributed by atoms with Gasteiger partial charge in [0.15, 0.2) is 11.6 Å². The number of hydrogen-bond donors (Lipinski definition) is 1. The van der Waals surface area contributed by atoms with E-state index in [4.69, 9.17) is 11.6 Å². The maximum Gasteiger partial charge on any atom is 0.235 e. The van der Waals surface area contributed by atoms with Crippen LogP contribution in [0.5, 0.6) is 0 Å². The van der Waals surface area contributed by atoms with Gasteiger partial charge in [0.2, 0.25) is 5.91 Å². The smallest absolute Gasteiger partial charge is 0.235 e. The number of hydrogen-bond acceptors (Lipinski definition) is 1. The number of carbonyl (C=O) groups excluding carboxylic acids is 1. The zero-order valence-corrected chi connectivity index (χ0v) is 10.0. The van der Waals surface area contributed by atoms with Crippen molar-refractivity contribution < 1.29 is 13.6 Å². The molecule has 0 aliphatic heterocycles. The number of rotatable bonds is 4. The number of nitrogens with one attached hydrogen (secondary N) is 1. The molecule has 0 heterocycles. The predicted octanol–water partition coefficient (Wildman–Crippen LogP) is 2.94. The highest BCUT2D eigenvalue weighted by Crippen LogP contribution is 2.22. The fraction of sp³-hybridized carbons (Fsp3) is 0.250. The highest BCUT2D eigenvalue weighted by atomic mass is 35.5. The minimum Gasteiger partial charge on any atom is -0.345 e. The van der Waals surface area contributed by atoms with E-state index in [0.717, 1.165) is 12.1 Å². The normalized spacial score (nSPS) is 12.0. The van der Waals surface area contributed by atoms with E-state index in [1.807, 2.05) is 0 Å². The summed E-state index contributed by atoms with van der Waals surface area (Å²) in [6.07, 6.45) is 0. The lowest BCUT2D eigenvalue weighted by Crippen LogP contribution is -2.30. The summed E-state index contributed by atoms with van der Waals surface area (Å²) >= 11 is 5.37. The van der Waals surface area contributed by atoms with Gasteiger partial charge in [-0.05, 0) is 24.6 Å². The van der Waals surface area contributed by atoms with Crippen LogP contribution in [0.1, 0.15) is 18.5 Å². The Bertz CT molecular complexity index is 448. The topological polar surface area (TPSA) is 29.1 Å². The van der Waals surface area contributed by atoms with Gasteiger partial charge in [0, 0.05) is 0 Å². The zero-order chi connectivity index (χ0) is 13.0. The van der Waals surface area contributed by atoms with Gasteiger partial charge < -0.3 is 5.32 Å². The van der Waals surface area contributed by atoms with Crippen molar-refractivity contribution in [3.8, 4) is 0 Å². The highest BCUT2D eigenvalue weighted by Gasteiger charge is 2.16. The van der Waals surface area contributed by atoms with Crippen LogP contribution in [0.2, 0.25) is 0 Å². The van der Waals surface area contributed by atoms with E-state index >= 15 is 0 Å². The Morgan fingerprint density at radius 1 is 1.47 bits per heavy atom. The Morgan fingerprint density at radius 2 is 2.12 bits per heavy atom. The molecule has 0 radical (unpaired) electrons. The molecule has 1 N–H and O–H groups in total. The number of benzene rings is 1. The zero-order valence-electron chi connectivity index (χ0n) is 9.27. The van der Waals surface area contributed by atoms with E-state index in [-0.39, 0.29) is 5.88 Å². The van der Waals surface area contributed by atoms with Gasteiger partial charge in [-0.1, -0.05) is 18.2 Å². The maximum absolute atomic E-state index is 13.1. The van der Waals surface area contributed by atoms with Gasteiger partial charge in [-0.25, -0.2) is 8.78 Å². The number of carbonyl (C=O) groups is 1. The first kappa shape index (κ1) is 13.6. The lowest BCUT2D eigenvalue weighted by Gasteiger charge is -2.19. The minimum absolute atomic E-state index is 0.201. The van der Waals surface area contributed by atoms with Crippen LogP contribution in [0.4, 0.5) is 8.78 Å². The molecule has 1 rings (SSSR count). The van der Waals surface area contributed by atoms with E-state index in [1.54, 1.807) is 6.92 Å². The van der Waals surface area contributed by atoms with Crippen LogP contribution in [0.3, 0.4) is 0 Å². The van der Waals surface area contributed by atoms with E-state index < -0.39 is 23.6 Å². The van der Waals surface area contributed by atoms with Crippen molar-refractivity contribution in [2.24, 2.45) is 0 Å². The monoisotopic (exact) mass is 259 g/mol. The Labute approximate surface area is 103 Å². The SMILES string of the molecule is C=C(C)C(NC(=O)CCl)c1ccc(F)c(F)c1. The van der Waals surface area contributed by atoms with Crippen molar-refractivity contribution in [1.82, 2.24) is 5.32 Å². The van der Waals surface area contributed by atoms with Crippen LogP contribution in [0, 0.1) is 11.6 Å². The lowest BCUT2D eigenvalue weighted by atomic mass is 10.0. The molecular formula is C12H12ClF2NO. The molecule has 0 fully saturated rings. The molecule has 0 aliphatic rings. The van der Waals surface area contributed by atoms with Crippen LogP contribution < -0.4 is 5.32 Å². The van der Waals surface area contributed by atoms with Gasteiger partial charge in [0.05, 0.1) is 6.04 Å². The molecule has 2 nitrogen and oxygen atoms in total. The van der Waals surface area contributed by atoms with Gasteiger partial charge in [-0.15, -0.1) is 11.6 Å². The number of halogens is 3. The molecule has 17 heavy (non-hydrogen) atoms. The molecule has 1 aromatic carbocycles. The maximum atomic E-state index is 13.1.